The van der Waals surface area contributed by atoms with Gasteiger partial charge in [-0.15, -0.1) is 0 Å². The number of carbonyl (C=O) groups is 3. The molecular weight excluding hydrogens is 445 g/mol. The monoisotopic (exact) mass is 465 g/mol. The Labute approximate surface area is 195 Å². The Morgan fingerprint density at radius 1 is 1.00 bits per heavy atom. The van der Waals surface area contributed by atoms with Crippen molar-refractivity contribution in [3.05, 3.63) is 94.3 Å². The summed E-state index contributed by atoms with van der Waals surface area (Å²) < 4.78 is 13.1. The lowest BCUT2D eigenvalue weighted by Crippen LogP contribution is -2.29. The van der Waals surface area contributed by atoms with Gasteiger partial charge in [0.2, 0.25) is 5.91 Å². The zero-order valence-corrected chi connectivity index (χ0v) is 18.4. The maximum Gasteiger partial charge on any atom is 0.255 e. The van der Waals surface area contributed by atoms with Gasteiger partial charge in [-0.05, 0) is 66.6 Å². The van der Waals surface area contributed by atoms with E-state index in [1.54, 1.807) is 41.3 Å². The maximum atomic E-state index is 13.1. The lowest BCUT2D eigenvalue weighted by atomic mass is 10.1. The molecule has 1 aliphatic rings. The van der Waals surface area contributed by atoms with Crippen molar-refractivity contribution in [1.29, 1.82) is 0 Å². The molecule has 168 valence electrons. The Morgan fingerprint density at radius 2 is 1.79 bits per heavy atom. The second kappa shape index (κ2) is 9.83. The largest absolute Gasteiger partial charge is 0.348 e. The van der Waals surface area contributed by atoms with Crippen molar-refractivity contribution in [2.24, 2.45) is 0 Å². The molecule has 33 heavy (non-hydrogen) atoms. The Kier molecular flexibility index (Phi) is 6.70. The van der Waals surface area contributed by atoms with Gasteiger partial charge in [0.1, 0.15) is 5.82 Å². The third-order valence-corrected chi connectivity index (χ3v) is 5.55. The first-order valence-corrected chi connectivity index (χ1v) is 10.8. The third-order valence-electron chi connectivity index (χ3n) is 5.31. The van der Waals surface area contributed by atoms with Gasteiger partial charge in [-0.1, -0.05) is 23.7 Å². The fourth-order valence-electron chi connectivity index (χ4n) is 3.66. The number of anilines is 2. The van der Waals surface area contributed by atoms with Crippen LogP contribution >= 0.6 is 11.6 Å². The molecule has 1 aliphatic heterocycles. The summed E-state index contributed by atoms with van der Waals surface area (Å²) in [6.45, 7) is 0.768. The number of nitrogens with one attached hydrogen (secondary N) is 2. The summed E-state index contributed by atoms with van der Waals surface area (Å²) in [5, 5.41) is 6.07. The molecule has 0 spiro atoms. The summed E-state index contributed by atoms with van der Waals surface area (Å²) in [5.74, 6) is -1.14. The fourth-order valence-corrected chi connectivity index (χ4v) is 3.83. The molecule has 3 aromatic rings. The van der Waals surface area contributed by atoms with E-state index in [1.165, 1.54) is 24.3 Å². The van der Waals surface area contributed by atoms with E-state index in [4.69, 9.17) is 11.6 Å². The van der Waals surface area contributed by atoms with Crippen LogP contribution in [0.5, 0.6) is 0 Å². The van der Waals surface area contributed by atoms with Crippen LogP contribution in [0, 0.1) is 5.82 Å². The van der Waals surface area contributed by atoms with Crippen LogP contribution in [0.15, 0.2) is 66.7 Å². The normalized spacial score (nSPS) is 13.2. The molecule has 0 atom stereocenters. The number of hydrogen-bond donors (Lipinski definition) is 2. The van der Waals surface area contributed by atoms with Crippen LogP contribution in [0.2, 0.25) is 5.02 Å². The summed E-state index contributed by atoms with van der Waals surface area (Å²) in [7, 11) is 0. The first-order valence-electron chi connectivity index (χ1n) is 10.4. The predicted molar refractivity (Wildman–Crippen MR) is 125 cm³/mol. The van der Waals surface area contributed by atoms with E-state index in [-0.39, 0.29) is 24.3 Å². The number of benzene rings is 3. The predicted octanol–water partition coefficient (Wildman–Crippen LogP) is 4.79. The molecule has 0 aromatic heterocycles. The zero-order chi connectivity index (χ0) is 23.4. The SMILES string of the molecule is O=C(Nc1cccc(CNC(=O)c2ccc(Cl)cc2N2CCCC2=O)c1)c1ccc(F)cc1. The van der Waals surface area contributed by atoms with Crippen LogP contribution in [0.1, 0.15) is 39.1 Å². The topological polar surface area (TPSA) is 78.5 Å². The molecule has 0 aliphatic carbocycles. The van der Waals surface area contributed by atoms with Crippen molar-refractivity contribution < 1.29 is 18.8 Å². The average Bonchev–Trinajstić information content (AvgIpc) is 3.23. The van der Waals surface area contributed by atoms with Gasteiger partial charge in [0, 0.05) is 35.8 Å². The van der Waals surface area contributed by atoms with Gasteiger partial charge >= 0.3 is 0 Å². The molecule has 2 N–H and O–H groups in total. The number of amides is 3. The van der Waals surface area contributed by atoms with Gasteiger partial charge < -0.3 is 15.5 Å². The standard InChI is InChI=1S/C25H21ClFN3O3/c26-18-8-11-21(22(14-18)30-12-2-5-23(30)31)25(33)28-15-16-3-1-4-20(13-16)29-24(32)17-6-9-19(27)10-7-17/h1,3-4,6-11,13-14H,2,5,12,15H2,(H,28,33)(H,29,32). The highest BCUT2D eigenvalue weighted by Gasteiger charge is 2.26. The fraction of sp³-hybridized carbons (Fsp3) is 0.160. The van der Waals surface area contributed by atoms with Crippen molar-refractivity contribution in [3.63, 3.8) is 0 Å². The van der Waals surface area contributed by atoms with E-state index >= 15 is 0 Å². The lowest BCUT2D eigenvalue weighted by Gasteiger charge is -2.20. The van der Waals surface area contributed by atoms with Gasteiger partial charge in [-0.25, -0.2) is 4.39 Å². The van der Waals surface area contributed by atoms with Crippen LogP contribution in [0.3, 0.4) is 0 Å². The van der Waals surface area contributed by atoms with E-state index < -0.39 is 5.82 Å². The van der Waals surface area contributed by atoms with E-state index in [2.05, 4.69) is 10.6 Å². The third kappa shape index (κ3) is 5.38. The molecule has 1 saturated heterocycles. The Hall–Kier alpha value is -3.71. The van der Waals surface area contributed by atoms with Crippen LogP contribution in [-0.4, -0.2) is 24.3 Å². The summed E-state index contributed by atoms with van der Waals surface area (Å²) in [4.78, 5) is 39.0. The van der Waals surface area contributed by atoms with Gasteiger partial charge in [0.05, 0.1) is 11.3 Å². The molecule has 6 nitrogen and oxygen atoms in total. The van der Waals surface area contributed by atoms with Crippen molar-refractivity contribution in [1.82, 2.24) is 5.32 Å². The molecule has 0 saturated carbocycles. The number of carbonyl (C=O) groups excluding carboxylic acids is 3. The van der Waals surface area contributed by atoms with E-state index in [9.17, 15) is 18.8 Å². The molecular formula is C25H21ClFN3O3. The second-order valence-corrected chi connectivity index (χ2v) is 8.09. The van der Waals surface area contributed by atoms with Gasteiger partial charge in [-0.3, -0.25) is 14.4 Å². The summed E-state index contributed by atoms with van der Waals surface area (Å²) >= 11 is 6.11. The van der Waals surface area contributed by atoms with Gasteiger partial charge in [-0.2, -0.15) is 0 Å². The van der Waals surface area contributed by atoms with Crippen LogP contribution in [0.4, 0.5) is 15.8 Å². The Balaban J connectivity index is 1.44. The number of hydrogen-bond acceptors (Lipinski definition) is 3. The van der Waals surface area contributed by atoms with Crippen LogP contribution in [0.25, 0.3) is 0 Å². The van der Waals surface area contributed by atoms with Gasteiger partial charge in [0.25, 0.3) is 11.8 Å². The van der Waals surface area contributed by atoms with E-state index in [0.717, 1.165) is 12.0 Å². The van der Waals surface area contributed by atoms with E-state index in [0.29, 0.717) is 40.5 Å². The van der Waals surface area contributed by atoms with E-state index in [1.807, 2.05) is 6.07 Å². The van der Waals surface area contributed by atoms with Crippen molar-refractivity contribution in [3.8, 4) is 0 Å². The van der Waals surface area contributed by atoms with Crippen molar-refractivity contribution in [2.75, 3.05) is 16.8 Å². The quantitative estimate of drug-likeness (QED) is 0.549. The molecule has 0 bridgehead atoms. The second-order valence-electron chi connectivity index (χ2n) is 7.65. The minimum absolute atomic E-state index is 0.0316. The smallest absolute Gasteiger partial charge is 0.255 e. The van der Waals surface area contributed by atoms with Crippen LogP contribution in [-0.2, 0) is 11.3 Å². The average molecular weight is 466 g/mol. The first-order chi connectivity index (χ1) is 15.9. The molecule has 0 unspecified atom stereocenters. The molecule has 8 heteroatoms. The highest BCUT2D eigenvalue weighted by molar-refractivity contribution is 6.31. The highest BCUT2D eigenvalue weighted by atomic mass is 35.5. The lowest BCUT2D eigenvalue weighted by molar-refractivity contribution is -0.117. The molecule has 3 amide bonds. The molecule has 4 rings (SSSR count). The minimum atomic E-state index is -0.415. The van der Waals surface area contributed by atoms with Crippen molar-refractivity contribution in [2.45, 2.75) is 19.4 Å². The first kappa shape index (κ1) is 22.5. The number of rotatable bonds is 6. The summed E-state index contributed by atoms with van der Waals surface area (Å²) in [5.41, 5.74) is 2.53. The molecule has 1 fully saturated rings. The Morgan fingerprint density at radius 3 is 2.52 bits per heavy atom. The summed E-state index contributed by atoms with van der Waals surface area (Å²) in [6.07, 6.45) is 1.19. The van der Waals surface area contributed by atoms with Crippen molar-refractivity contribution >= 4 is 40.7 Å². The minimum Gasteiger partial charge on any atom is -0.348 e. The maximum absolute atomic E-state index is 13.1. The molecule has 0 radical (unpaired) electrons. The molecule has 3 aromatic carbocycles. The number of halogens is 2. The summed E-state index contributed by atoms with van der Waals surface area (Å²) in [6, 6.07) is 17.2. The molecule has 1 heterocycles. The Bertz CT molecular complexity index is 1210. The van der Waals surface area contributed by atoms with Gasteiger partial charge in [0.15, 0.2) is 0 Å². The van der Waals surface area contributed by atoms with Crippen LogP contribution < -0.4 is 15.5 Å². The highest BCUT2D eigenvalue weighted by Crippen LogP contribution is 2.28. The zero-order valence-electron chi connectivity index (χ0n) is 17.6. The number of nitrogens with zero attached hydrogens (tertiary/aromatic N) is 1.